The minimum atomic E-state index is 0.0729. The van der Waals surface area contributed by atoms with Crippen LogP contribution in [0.4, 0.5) is 0 Å². The van der Waals surface area contributed by atoms with Crippen LogP contribution in [0.3, 0.4) is 0 Å². The maximum atomic E-state index is 9.98. The van der Waals surface area contributed by atoms with E-state index in [1.165, 1.54) is 0 Å². The van der Waals surface area contributed by atoms with Gasteiger partial charge in [0.05, 0.1) is 0 Å². The molecule has 0 aliphatic carbocycles. The molecular formula is C6H8O3. The third-order valence-electron chi connectivity index (χ3n) is 0.840. The van der Waals surface area contributed by atoms with Gasteiger partial charge in [-0.3, -0.25) is 9.59 Å². The molecule has 0 aromatic rings. The fraction of sp³-hybridized carbons (Fsp3) is 0.333. The van der Waals surface area contributed by atoms with E-state index < -0.39 is 0 Å². The molecule has 0 rings (SSSR count). The Morgan fingerprint density at radius 3 is 2.56 bits per heavy atom. The number of carbonyl (C=O) groups excluding carboxylic acids is 2. The smallest absolute Gasteiger partial charge is 0.293 e. The standard InChI is InChI=1S/C6H8O3/c1-2-6(3-7)4-9-5-8/h2-3,5H,4H2,1H3/b6-2-. The SMILES string of the molecule is C/C=C(/C=O)COC=O. The molecule has 0 atom stereocenters. The van der Waals surface area contributed by atoms with Gasteiger partial charge in [0, 0.05) is 5.57 Å². The molecule has 0 spiro atoms. The van der Waals surface area contributed by atoms with Gasteiger partial charge in [-0.15, -0.1) is 0 Å². The average Bonchev–Trinajstić information content (AvgIpc) is 1.91. The molecule has 0 N–H and O–H groups in total. The van der Waals surface area contributed by atoms with Crippen LogP contribution in [-0.2, 0) is 14.3 Å². The van der Waals surface area contributed by atoms with Gasteiger partial charge in [-0.1, -0.05) is 6.08 Å². The summed E-state index contributed by atoms with van der Waals surface area (Å²) in [5, 5.41) is 0. The number of ether oxygens (including phenoxy) is 1. The second-order valence-corrected chi connectivity index (χ2v) is 1.39. The number of aldehydes is 1. The predicted octanol–water partition coefficient (Wildman–Crippen LogP) is 0.305. The average molecular weight is 128 g/mol. The van der Waals surface area contributed by atoms with Crippen molar-refractivity contribution in [2.24, 2.45) is 0 Å². The predicted molar refractivity (Wildman–Crippen MR) is 31.8 cm³/mol. The van der Waals surface area contributed by atoms with Gasteiger partial charge in [0.15, 0.2) is 0 Å². The second-order valence-electron chi connectivity index (χ2n) is 1.39. The van der Waals surface area contributed by atoms with Gasteiger partial charge in [-0.25, -0.2) is 0 Å². The molecule has 9 heavy (non-hydrogen) atoms. The van der Waals surface area contributed by atoms with Crippen molar-refractivity contribution in [2.45, 2.75) is 6.92 Å². The van der Waals surface area contributed by atoms with Crippen LogP contribution >= 0.6 is 0 Å². The highest BCUT2D eigenvalue weighted by Gasteiger charge is 1.90. The Kier molecular flexibility index (Phi) is 4.40. The molecule has 0 aromatic heterocycles. The van der Waals surface area contributed by atoms with Crippen molar-refractivity contribution in [1.29, 1.82) is 0 Å². The molecule has 0 saturated heterocycles. The summed E-state index contributed by atoms with van der Waals surface area (Å²) >= 11 is 0. The van der Waals surface area contributed by atoms with Gasteiger partial charge in [0.2, 0.25) is 0 Å². The minimum absolute atomic E-state index is 0.0729. The van der Waals surface area contributed by atoms with Crippen molar-refractivity contribution in [2.75, 3.05) is 6.61 Å². The molecule has 50 valence electrons. The molecule has 0 saturated carbocycles. The first kappa shape index (κ1) is 7.88. The van der Waals surface area contributed by atoms with Crippen molar-refractivity contribution >= 4 is 12.8 Å². The quantitative estimate of drug-likeness (QED) is 0.404. The molecule has 0 unspecified atom stereocenters. The molecule has 0 aliphatic heterocycles. The van der Waals surface area contributed by atoms with E-state index in [9.17, 15) is 9.59 Å². The van der Waals surface area contributed by atoms with Crippen molar-refractivity contribution in [3.05, 3.63) is 11.6 Å². The summed E-state index contributed by atoms with van der Waals surface area (Å²) in [7, 11) is 0. The van der Waals surface area contributed by atoms with Crippen molar-refractivity contribution in [1.82, 2.24) is 0 Å². The maximum absolute atomic E-state index is 9.98. The normalized spacial score (nSPS) is 10.6. The van der Waals surface area contributed by atoms with Gasteiger partial charge in [0.25, 0.3) is 6.47 Å². The Morgan fingerprint density at radius 2 is 2.22 bits per heavy atom. The van der Waals surface area contributed by atoms with Crippen LogP contribution in [0.25, 0.3) is 0 Å². The largest absolute Gasteiger partial charge is 0.463 e. The maximum Gasteiger partial charge on any atom is 0.293 e. The second kappa shape index (κ2) is 5.03. The molecule has 0 aliphatic rings. The third-order valence-corrected chi connectivity index (χ3v) is 0.840. The molecule has 0 fully saturated rings. The summed E-state index contributed by atoms with van der Waals surface area (Å²) in [6.45, 7) is 2.09. The third kappa shape index (κ3) is 3.46. The Bertz CT molecular complexity index is 126. The Hall–Kier alpha value is -1.12. The first-order chi connectivity index (χ1) is 4.35. The van der Waals surface area contributed by atoms with Gasteiger partial charge in [-0.05, 0) is 6.92 Å². The Balaban J connectivity index is 3.57. The summed E-state index contributed by atoms with van der Waals surface area (Å²) in [5.41, 5.74) is 0.474. The molecule has 3 nitrogen and oxygen atoms in total. The lowest BCUT2D eigenvalue weighted by Gasteiger charge is -1.93. The molecule has 0 aromatic carbocycles. The zero-order valence-corrected chi connectivity index (χ0v) is 5.16. The lowest BCUT2D eigenvalue weighted by atomic mass is 10.3. The lowest BCUT2D eigenvalue weighted by Crippen LogP contribution is -1.96. The summed E-state index contributed by atoms with van der Waals surface area (Å²) in [6.07, 6.45) is 2.25. The number of hydrogen-bond donors (Lipinski definition) is 0. The van der Waals surface area contributed by atoms with E-state index in [1.54, 1.807) is 13.0 Å². The number of hydrogen-bond acceptors (Lipinski definition) is 3. The summed E-state index contributed by atoms with van der Waals surface area (Å²) in [6, 6.07) is 0. The van der Waals surface area contributed by atoms with Crippen molar-refractivity contribution < 1.29 is 14.3 Å². The van der Waals surface area contributed by atoms with Crippen LogP contribution in [0, 0.1) is 0 Å². The Labute approximate surface area is 53.3 Å². The van der Waals surface area contributed by atoms with Crippen LogP contribution in [0.15, 0.2) is 11.6 Å². The van der Waals surface area contributed by atoms with Crippen molar-refractivity contribution in [3.8, 4) is 0 Å². The first-order valence-electron chi connectivity index (χ1n) is 2.50. The summed E-state index contributed by atoms with van der Waals surface area (Å²) in [5.74, 6) is 0. The van der Waals surface area contributed by atoms with E-state index in [0.29, 0.717) is 18.3 Å². The van der Waals surface area contributed by atoms with E-state index in [1.807, 2.05) is 0 Å². The van der Waals surface area contributed by atoms with E-state index in [4.69, 9.17) is 0 Å². The summed E-state index contributed by atoms with van der Waals surface area (Å²) < 4.78 is 4.30. The molecule has 0 amide bonds. The first-order valence-corrected chi connectivity index (χ1v) is 2.50. The molecule has 0 radical (unpaired) electrons. The monoisotopic (exact) mass is 128 g/mol. The minimum Gasteiger partial charge on any atom is -0.463 e. The van der Waals surface area contributed by atoms with Crippen molar-refractivity contribution in [3.63, 3.8) is 0 Å². The zero-order valence-electron chi connectivity index (χ0n) is 5.16. The molecule has 3 heteroatoms. The highest BCUT2D eigenvalue weighted by molar-refractivity contribution is 5.73. The van der Waals surface area contributed by atoms with Crippen LogP contribution in [0.5, 0.6) is 0 Å². The van der Waals surface area contributed by atoms with Crippen LogP contribution in [-0.4, -0.2) is 19.4 Å². The lowest BCUT2D eigenvalue weighted by molar-refractivity contribution is -0.127. The molecular weight excluding hydrogens is 120 g/mol. The van der Waals surface area contributed by atoms with E-state index >= 15 is 0 Å². The highest BCUT2D eigenvalue weighted by Crippen LogP contribution is 1.87. The fourth-order valence-corrected chi connectivity index (χ4v) is 0.316. The topological polar surface area (TPSA) is 43.4 Å². The fourth-order valence-electron chi connectivity index (χ4n) is 0.316. The number of carbonyl (C=O) groups is 2. The highest BCUT2D eigenvalue weighted by atomic mass is 16.5. The van der Waals surface area contributed by atoms with Gasteiger partial charge in [-0.2, -0.15) is 0 Å². The molecule has 0 bridgehead atoms. The van der Waals surface area contributed by atoms with E-state index in [0.717, 1.165) is 0 Å². The number of rotatable bonds is 4. The van der Waals surface area contributed by atoms with E-state index in [-0.39, 0.29) is 6.61 Å². The van der Waals surface area contributed by atoms with Gasteiger partial charge < -0.3 is 4.74 Å². The van der Waals surface area contributed by atoms with Crippen LogP contribution < -0.4 is 0 Å². The molecule has 0 heterocycles. The summed E-state index contributed by atoms with van der Waals surface area (Å²) in [4.78, 5) is 19.6. The number of allylic oxidation sites excluding steroid dienone is 1. The van der Waals surface area contributed by atoms with Crippen LogP contribution in [0.1, 0.15) is 6.92 Å². The van der Waals surface area contributed by atoms with E-state index in [2.05, 4.69) is 4.74 Å². The zero-order chi connectivity index (χ0) is 7.11. The van der Waals surface area contributed by atoms with Crippen LogP contribution in [0.2, 0.25) is 0 Å². The van der Waals surface area contributed by atoms with Gasteiger partial charge in [0.1, 0.15) is 12.9 Å². The Morgan fingerprint density at radius 1 is 1.56 bits per heavy atom. The van der Waals surface area contributed by atoms with Gasteiger partial charge >= 0.3 is 0 Å².